The van der Waals surface area contributed by atoms with Gasteiger partial charge in [-0.05, 0) is 85.0 Å². The lowest BCUT2D eigenvalue weighted by molar-refractivity contribution is -0.0492. The molecule has 2 aliphatic heterocycles. The zero-order valence-corrected chi connectivity index (χ0v) is 23.1. The molecule has 3 atom stereocenters. The van der Waals surface area contributed by atoms with Crippen molar-refractivity contribution in [2.75, 3.05) is 0 Å². The molecule has 0 amide bonds. The number of nitrogens with two attached hydrogens (primary N) is 1. The Labute approximate surface area is 241 Å². The summed E-state index contributed by atoms with van der Waals surface area (Å²) < 4.78 is 32.3. The predicted molar refractivity (Wildman–Crippen MR) is 152 cm³/mol. The van der Waals surface area contributed by atoms with E-state index in [0.29, 0.717) is 59.2 Å². The van der Waals surface area contributed by atoms with Gasteiger partial charge in [-0.25, -0.2) is 13.5 Å². The molecule has 3 aromatic carbocycles. The van der Waals surface area contributed by atoms with E-state index in [0.717, 1.165) is 31.2 Å². The lowest BCUT2D eigenvalue weighted by atomic mass is 9.80. The third-order valence-corrected chi connectivity index (χ3v) is 9.62. The molecule has 7 nitrogen and oxygen atoms in total. The number of nitrogens with zero attached hydrogens (tertiary/aromatic N) is 5. The molecule has 0 radical (unpaired) electrons. The molecule has 210 valence electrons. The van der Waals surface area contributed by atoms with Gasteiger partial charge in [0, 0.05) is 30.2 Å². The fraction of sp³-hybridized carbons (Fsp3) is 0.387. The van der Waals surface area contributed by atoms with Gasteiger partial charge in [0.1, 0.15) is 27.9 Å². The summed E-state index contributed by atoms with van der Waals surface area (Å²) >= 11 is 6.61. The summed E-state index contributed by atoms with van der Waals surface area (Å²) in [4.78, 5) is 2.45. The maximum absolute atomic E-state index is 16.1. The highest BCUT2D eigenvalue weighted by Gasteiger charge is 2.44. The van der Waals surface area contributed by atoms with Crippen LogP contribution in [0.15, 0.2) is 42.5 Å². The van der Waals surface area contributed by atoms with Crippen LogP contribution in [0, 0.1) is 23.0 Å². The molecule has 2 bridgehead atoms. The average Bonchev–Trinajstić information content (AvgIpc) is 3.61. The third-order valence-electron chi connectivity index (χ3n) is 9.28. The van der Waals surface area contributed by atoms with Crippen molar-refractivity contribution in [3.8, 4) is 28.3 Å². The molecule has 0 spiro atoms. The Balaban J connectivity index is 1.33. The number of hydrogen-bond donors (Lipinski definition) is 2. The molecular formula is C31H29ClF2N6O. The molecular weight excluding hydrogens is 546 g/mol. The van der Waals surface area contributed by atoms with Gasteiger partial charge in [0.05, 0.1) is 17.7 Å². The fourth-order valence-corrected chi connectivity index (χ4v) is 7.24. The number of nitriles is 1. The first-order valence-electron chi connectivity index (χ1n) is 14.0. The monoisotopic (exact) mass is 574 g/mol. The molecule has 3 fully saturated rings. The van der Waals surface area contributed by atoms with Crippen LogP contribution >= 0.6 is 11.6 Å². The van der Waals surface area contributed by atoms with E-state index in [1.807, 2.05) is 24.3 Å². The Morgan fingerprint density at radius 1 is 1.10 bits per heavy atom. The molecule has 0 unspecified atom stereocenters. The van der Waals surface area contributed by atoms with E-state index >= 15 is 4.39 Å². The molecule has 2 saturated heterocycles. The zero-order valence-electron chi connectivity index (χ0n) is 22.3. The van der Waals surface area contributed by atoms with Gasteiger partial charge in [0.25, 0.3) is 0 Å². The molecule has 3 heterocycles. The van der Waals surface area contributed by atoms with Gasteiger partial charge in [-0.15, -0.1) is 5.10 Å². The van der Waals surface area contributed by atoms with Crippen molar-refractivity contribution in [1.29, 1.82) is 5.26 Å². The maximum Gasteiger partial charge on any atom is 0.151 e. The Hall–Kier alpha value is -3.42. The highest BCUT2D eigenvalue weighted by molar-refractivity contribution is 6.35. The van der Waals surface area contributed by atoms with Crippen LogP contribution in [0.5, 0.6) is 0 Å². The van der Waals surface area contributed by atoms with E-state index in [9.17, 15) is 14.8 Å². The van der Waals surface area contributed by atoms with Crippen LogP contribution in [0.4, 0.5) is 8.78 Å². The summed E-state index contributed by atoms with van der Waals surface area (Å²) in [6.07, 6.45) is 5.42. The first-order chi connectivity index (χ1) is 19.7. The summed E-state index contributed by atoms with van der Waals surface area (Å²) in [5.74, 6) is -1.29. The van der Waals surface area contributed by atoms with Gasteiger partial charge in [0.2, 0.25) is 0 Å². The predicted octanol–water partition coefficient (Wildman–Crippen LogP) is 5.55. The summed E-state index contributed by atoms with van der Waals surface area (Å²) in [6.45, 7) is 0.878. The first kappa shape index (κ1) is 26.5. The minimum Gasteiger partial charge on any atom is -0.388 e. The second-order valence-corrected chi connectivity index (χ2v) is 12.2. The number of rotatable bonds is 6. The van der Waals surface area contributed by atoms with E-state index in [4.69, 9.17) is 17.3 Å². The molecule has 1 aromatic heterocycles. The number of aliphatic hydroxyl groups is 1. The van der Waals surface area contributed by atoms with Crippen LogP contribution in [0.3, 0.4) is 0 Å². The summed E-state index contributed by atoms with van der Waals surface area (Å²) in [5.41, 5.74) is 9.02. The number of halogens is 3. The maximum atomic E-state index is 16.1. The van der Waals surface area contributed by atoms with E-state index in [1.54, 1.807) is 12.1 Å². The number of benzene rings is 3. The Kier molecular flexibility index (Phi) is 6.36. The van der Waals surface area contributed by atoms with Gasteiger partial charge < -0.3 is 10.8 Å². The van der Waals surface area contributed by atoms with Crippen LogP contribution in [0.25, 0.3) is 33.3 Å². The average molecular weight is 575 g/mol. The normalized spacial score (nSPS) is 23.2. The van der Waals surface area contributed by atoms with Crippen molar-refractivity contribution >= 4 is 22.6 Å². The SMILES string of the molecule is N#Cc1ccc(-c2cc(CN3[C@@H]4CC[C@H]3[C@@H](N)C4)ccc2-c2cc3nnn(CC4(O)CCC4)c3c(Cl)c2F)cc1F. The Bertz CT molecular complexity index is 1730. The van der Waals surface area contributed by atoms with Gasteiger partial charge in [0.15, 0.2) is 5.82 Å². The van der Waals surface area contributed by atoms with E-state index in [-0.39, 0.29) is 28.7 Å². The van der Waals surface area contributed by atoms with E-state index in [1.165, 1.54) is 16.8 Å². The lowest BCUT2D eigenvalue weighted by Gasteiger charge is -2.36. The van der Waals surface area contributed by atoms with E-state index < -0.39 is 17.2 Å². The molecule has 3 N–H and O–H groups in total. The second kappa shape index (κ2) is 9.85. The van der Waals surface area contributed by atoms with Crippen molar-refractivity contribution in [2.24, 2.45) is 5.73 Å². The number of fused-ring (bicyclic) bond motifs is 3. The Morgan fingerprint density at radius 3 is 2.59 bits per heavy atom. The van der Waals surface area contributed by atoms with Gasteiger partial charge in [-0.1, -0.05) is 35.0 Å². The van der Waals surface area contributed by atoms with Crippen molar-refractivity contribution in [2.45, 2.75) is 75.3 Å². The van der Waals surface area contributed by atoms with Crippen LogP contribution < -0.4 is 5.73 Å². The topological polar surface area (TPSA) is 104 Å². The first-order valence-corrected chi connectivity index (χ1v) is 14.4. The minimum absolute atomic E-state index is 0.0607. The summed E-state index contributed by atoms with van der Waals surface area (Å²) in [6, 6.07) is 14.6. The quantitative estimate of drug-likeness (QED) is 0.313. The van der Waals surface area contributed by atoms with Crippen LogP contribution in [-0.2, 0) is 13.1 Å². The van der Waals surface area contributed by atoms with Crippen LogP contribution in [-0.4, -0.2) is 48.7 Å². The third kappa shape index (κ3) is 4.41. The van der Waals surface area contributed by atoms with Gasteiger partial charge in [-0.2, -0.15) is 5.26 Å². The Morgan fingerprint density at radius 2 is 1.93 bits per heavy atom. The van der Waals surface area contributed by atoms with E-state index in [2.05, 4.69) is 15.2 Å². The molecule has 3 aliphatic rings. The van der Waals surface area contributed by atoms with Crippen molar-refractivity contribution in [3.63, 3.8) is 0 Å². The second-order valence-electron chi connectivity index (χ2n) is 11.8. The number of aromatic nitrogens is 3. The molecule has 4 aromatic rings. The largest absolute Gasteiger partial charge is 0.388 e. The molecule has 10 heteroatoms. The highest BCUT2D eigenvalue weighted by Crippen LogP contribution is 2.42. The summed E-state index contributed by atoms with van der Waals surface area (Å²) in [5, 5.41) is 28.2. The van der Waals surface area contributed by atoms with Crippen molar-refractivity contribution in [1.82, 2.24) is 19.9 Å². The smallest absolute Gasteiger partial charge is 0.151 e. The highest BCUT2D eigenvalue weighted by atomic mass is 35.5. The van der Waals surface area contributed by atoms with Crippen molar-refractivity contribution < 1.29 is 13.9 Å². The summed E-state index contributed by atoms with van der Waals surface area (Å²) in [7, 11) is 0. The van der Waals surface area contributed by atoms with Crippen molar-refractivity contribution in [3.05, 3.63) is 70.2 Å². The number of hydrogen-bond acceptors (Lipinski definition) is 6. The molecule has 7 rings (SSSR count). The van der Waals surface area contributed by atoms with Crippen LogP contribution in [0.1, 0.15) is 49.7 Å². The zero-order chi connectivity index (χ0) is 28.5. The van der Waals surface area contributed by atoms with Gasteiger partial charge >= 0.3 is 0 Å². The molecule has 41 heavy (non-hydrogen) atoms. The minimum atomic E-state index is -0.888. The lowest BCUT2D eigenvalue weighted by Crippen LogP contribution is -2.41. The standard InChI is InChI=1S/C31H29ClF2N6O/c32-28-29(34)23(13-26-30(28)40(38-37-26)16-31(41)8-1-9-31)21-6-2-17(15-39-20-5-7-27(39)25(36)12-20)10-22(21)18-3-4-19(14-35)24(33)11-18/h2-4,6,10-11,13,20,25,27,41H,1,5,7-9,12,15-16,36H2/t20-,25+,27+/m1/s1. The van der Waals surface area contributed by atoms with Crippen LogP contribution in [0.2, 0.25) is 5.02 Å². The fourth-order valence-electron chi connectivity index (χ4n) is 6.94. The molecule has 1 saturated carbocycles. The van der Waals surface area contributed by atoms with Gasteiger partial charge in [-0.3, -0.25) is 4.90 Å². The molecule has 1 aliphatic carbocycles.